The summed E-state index contributed by atoms with van der Waals surface area (Å²) in [5.41, 5.74) is 2.13. The third kappa shape index (κ3) is 1.95. The fourth-order valence-electron chi connectivity index (χ4n) is 7.35. The van der Waals surface area contributed by atoms with Crippen molar-refractivity contribution in [2.24, 2.45) is 28.6 Å². The topological polar surface area (TPSA) is 38.7 Å². The van der Waals surface area contributed by atoms with E-state index in [9.17, 15) is 5.11 Å². The van der Waals surface area contributed by atoms with Crippen molar-refractivity contribution < 1.29 is 14.6 Å². The van der Waals surface area contributed by atoms with Crippen LogP contribution in [0.1, 0.15) is 65.2 Å². The summed E-state index contributed by atoms with van der Waals surface area (Å²) in [5.74, 6) is 1.94. The molecular formula is C21H32O3. The Balaban J connectivity index is 1.47. The Morgan fingerprint density at radius 2 is 1.75 bits per heavy atom. The molecule has 5 aliphatic rings. The number of ether oxygens (including phenoxy) is 2. The minimum atomic E-state index is -0.394. The first-order chi connectivity index (χ1) is 11.5. The summed E-state index contributed by atoms with van der Waals surface area (Å²) in [6.45, 7) is 6.37. The van der Waals surface area contributed by atoms with Crippen molar-refractivity contribution in [1.29, 1.82) is 0 Å². The van der Waals surface area contributed by atoms with E-state index < -0.39 is 5.79 Å². The normalized spacial score (nSPS) is 52.5. The molecule has 3 nitrogen and oxygen atoms in total. The van der Waals surface area contributed by atoms with E-state index >= 15 is 0 Å². The van der Waals surface area contributed by atoms with Crippen LogP contribution in [0.4, 0.5) is 0 Å². The lowest BCUT2D eigenvalue weighted by Gasteiger charge is -2.58. The maximum Gasteiger partial charge on any atom is 0.188 e. The van der Waals surface area contributed by atoms with Crippen LogP contribution in [-0.2, 0) is 9.47 Å². The van der Waals surface area contributed by atoms with Gasteiger partial charge in [0.1, 0.15) is 0 Å². The van der Waals surface area contributed by atoms with Crippen molar-refractivity contribution in [1.82, 2.24) is 0 Å². The molecule has 1 heterocycles. The van der Waals surface area contributed by atoms with Crippen LogP contribution in [0.15, 0.2) is 11.6 Å². The highest BCUT2D eigenvalue weighted by Crippen LogP contribution is 2.66. The van der Waals surface area contributed by atoms with E-state index in [1.54, 1.807) is 5.57 Å². The van der Waals surface area contributed by atoms with Gasteiger partial charge in [-0.2, -0.15) is 0 Å². The smallest absolute Gasteiger partial charge is 0.188 e. The molecule has 6 atom stereocenters. The molecule has 1 spiro atoms. The Labute approximate surface area is 145 Å². The van der Waals surface area contributed by atoms with E-state index in [0.29, 0.717) is 5.41 Å². The number of rotatable bonds is 0. The first-order valence-electron chi connectivity index (χ1n) is 10.2. The lowest BCUT2D eigenvalue weighted by atomic mass is 9.47. The summed E-state index contributed by atoms with van der Waals surface area (Å²) in [4.78, 5) is 0. The van der Waals surface area contributed by atoms with Crippen LogP contribution in [0.25, 0.3) is 0 Å². The second kappa shape index (κ2) is 5.08. The standard InChI is InChI=1S/C21H32O3/c1-19-9-10-21(23-11-12-24-21)13-14(19)3-4-15-16-5-6-18(22)20(16,2)8-7-17(15)19/h13,15-18,22H,3-12H2,1-2H3/t15-,16-,17-,18-,19+,20+/m1/s1. The summed E-state index contributed by atoms with van der Waals surface area (Å²) in [5, 5.41) is 10.6. The molecule has 0 aromatic carbocycles. The summed E-state index contributed by atoms with van der Waals surface area (Å²) < 4.78 is 12.0. The average molecular weight is 332 g/mol. The molecule has 0 aromatic heterocycles. The predicted octanol–water partition coefficient (Wildman–Crippen LogP) is 4.05. The number of fused-ring (bicyclic) bond motifs is 5. The van der Waals surface area contributed by atoms with Gasteiger partial charge in [0.25, 0.3) is 0 Å². The molecule has 0 amide bonds. The fraction of sp³-hybridized carbons (Fsp3) is 0.905. The van der Waals surface area contributed by atoms with Gasteiger partial charge in [0.2, 0.25) is 0 Å². The maximum absolute atomic E-state index is 10.6. The molecule has 1 aliphatic heterocycles. The molecule has 3 saturated carbocycles. The quantitative estimate of drug-likeness (QED) is 0.680. The van der Waals surface area contributed by atoms with Crippen LogP contribution in [-0.4, -0.2) is 30.2 Å². The molecule has 1 saturated heterocycles. The molecule has 4 fully saturated rings. The second-order valence-corrected chi connectivity index (χ2v) is 9.65. The van der Waals surface area contributed by atoms with Gasteiger partial charge < -0.3 is 14.6 Å². The van der Waals surface area contributed by atoms with Crippen molar-refractivity contribution in [3.05, 3.63) is 11.6 Å². The Kier molecular flexibility index (Phi) is 3.35. The molecule has 24 heavy (non-hydrogen) atoms. The molecular weight excluding hydrogens is 300 g/mol. The minimum Gasteiger partial charge on any atom is -0.393 e. The molecule has 0 unspecified atom stereocenters. The van der Waals surface area contributed by atoms with E-state index in [2.05, 4.69) is 19.9 Å². The van der Waals surface area contributed by atoms with Gasteiger partial charge >= 0.3 is 0 Å². The molecule has 134 valence electrons. The summed E-state index contributed by atoms with van der Waals surface area (Å²) >= 11 is 0. The Morgan fingerprint density at radius 3 is 2.54 bits per heavy atom. The molecule has 0 radical (unpaired) electrons. The average Bonchev–Trinajstić information content (AvgIpc) is 3.14. The molecule has 0 aromatic rings. The van der Waals surface area contributed by atoms with Crippen LogP contribution >= 0.6 is 0 Å². The zero-order valence-corrected chi connectivity index (χ0v) is 15.2. The summed E-state index contributed by atoms with van der Waals surface area (Å²) in [6.07, 6.45) is 11.8. The largest absolute Gasteiger partial charge is 0.393 e. The van der Waals surface area contributed by atoms with E-state index in [1.165, 1.54) is 38.5 Å². The molecule has 0 bridgehead atoms. The molecule has 3 heteroatoms. The van der Waals surface area contributed by atoms with Gasteiger partial charge in [-0.15, -0.1) is 0 Å². The van der Waals surface area contributed by atoms with Gasteiger partial charge in [-0.3, -0.25) is 0 Å². The SMILES string of the molecule is C[C@]12CC[C@@H]3[C@H](CCC4=CC5(CC[C@@]43C)OCCO5)[C@H]1CC[C@H]2O. The number of aliphatic hydroxyl groups is 1. The van der Waals surface area contributed by atoms with Gasteiger partial charge in [-0.25, -0.2) is 0 Å². The molecule has 4 aliphatic carbocycles. The second-order valence-electron chi connectivity index (χ2n) is 9.65. The number of hydrogen-bond acceptors (Lipinski definition) is 3. The van der Waals surface area contributed by atoms with Crippen molar-refractivity contribution >= 4 is 0 Å². The van der Waals surface area contributed by atoms with Crippen LogP contribution in [0.2, 0.25) is 0 Å². The Hall–Kier alpha value is -0.380. The van der Waals surface area contributed by atoms with E-state index in [4.69, 9.17) is 9.47 Å². The van der Waals surface area contributed by atoms with Crippen LogP contribution in [0.3, 0.4) is 0 Å². The van der Waals surface area contributed by atoms with Crippen molar-refractivity contribution in [2.45, 2.75) is 77.1 Å². The van der Waals surface area contributed by atoms with Gasteiger partial charge in [-0.1, -0.05) is 19.4 Å². The Morgan fingerprint density at radius 1 is 0.958 bits per heavy atom. The van der Waals surface area contributed by atoms with E-state index in [-0.39, 0.29) is 11.5 Å². The zero-order valence-electron chi connectivity index (χ0n) is 15.2. The highest BCUT2D eigenvalue weighted by molar-refractivity contribution is 5.27. The number of allylic oxidation sites excluding steroid dienone is 1. The van der Waals surface area contributed by atoms with Gasteiger partial charge in [0.15, 0.2) is 5.79 Å². The minimum absolute atomic E-state index is 0.0666. The molecule has 1 N–H and O–H groups in total. The lowest BCUT2D eigenvalue weighted by Crippen LogP contribution is -2.52. The van der Waals surface area contributed by atoms with Crippen LogP contribution in [0.5, 0.6) is 0 Å². The predicted molar refractivity (Wildman–Crippen MR) is 92.3 cm³/mol. The summed E-state index contributed by atoms with van der Waals surface area (Å²) in [6, 6.07) is 0. The lowest BCUT2D eigenvalue weighted by molar-refractivity contribution is -0.145. The number of hydrogen-bond donors (Lipinski definition) is 1. The summed E-state index contributed by atoms with van der Waals surface area (Å²) in [7, 11) is 0. The maximum atomic E-state index is 10.6. The van der Waals surface area contributed by atoms with Crippen molar-refractivity contribution in [2.75, 3.05) is 13.2 Å². The van der Waals surface area contributed by atoms with E-state index in [0.717, 1.165) is 43.8 Å². The highest BCUT2D eigenvalue weighted by atomic mass is 16.7. The van der Waals surface area contributed by atoms with Gasteiger partial charge in [-0.05, 0) is 79.6 Å². The highest BCUT2D eigenvalue weighted by Gasteiger charge is 2.59. The third-order valence-electron chi connectivity index (χ3n) is 8.85. The first-order valence-corrected chi connectivity index (χ1v) is 10.2. The first kappa shape index (κ1) is 15.8. The third-order valence-corrected chi connectivity index (χ3v) is 8.85. The molecule has 5 rings (SSSR count). The number of aliphatic hydroxyl groups excluding tert-OH is 1. The van der Waals surface area contributed by atoms with Gasteiger partial charge in [0, 0.05) is 6.42 Å². The Bertz CT molecular complexity index is 563. The van der Waals surface area contributed by atoms with Crippen LogP contribution in [0, 0.1) is 28.6 Å². The van der Waals surface area contributed by atoms with Crippen molar-refractivity contribution in [3.8, 4) is 0 Å². The zero-order chi connectivity index (χ0) is 16.6. The van der Waals surface area contributed by atoms with Crippen molar-refractivity contribution in [3.63, 3.8) is 0 Å². The fourth-order valence-corrected chi connectivity index (χ4v) is 7.35. The van der Waals surface area contributed by atoms with Crippen LogP contribution < -0.4 is 0 Å². The van der Waals surface area contributed by atoms with E-state index in [1.807, 2.05) is 0 Å². The monoisotopic (exact) mass is 332 g/mol. The van der Waals surface area contributed by atoms with Gasteiger partial charge in [0.05, 0.1) is 19.3 Å².